The fraction of sp³-hybridized carbons (Fsp3) is 0.321. The lowest BCUT2D eigenvalue weighted by Gasteiger charge is -2.31. The number of hydrogen-bond donors (Lipinski definition) is 1. The third kappa shape index (κ3) is 5.45. The summed E-state index contributed by atoms with van der Waals surface area (Å²) in [7, 11) is -2.75. The first-order valence-corrected chi connectivity index (χ1v) is 14.2. The van der Waals surface area contributed by atoms with Crippen LogP contribution in [0, 0.1) is 0 Å². The van der Waals surface area contributed by atoms with Crippen molar-refractivity contribution in [2.45, 2.75) is 36.4 Å². The second-order valence-corrected chi connectivity index (χ2v) is 11.3. The number of nitrogens with one attached hydrogen (secondary N) is 1. The number of hydrogen-bond acceptors (Lipinski definition) is 8. The lowest BCUT2D eigenvalue weighted by Crippen LogP contribution is -2.48. The monoisotopic (exact) mass is 567 g/mol. The second kappa shape index (κ2) is 11.5. The number of carbonyl (C=O) groups excluding carboxylic acids is 3. The third-order valence-electron chi connectivity index (χ3n) is 6.90. The van der Waals surface area contributed by atoms with E-state index in [2.05, 4.69) is 5.32 Å². The number of nitrogens with zero attached hydrogens (tertiary/aromatic N) is 2. The zero-order valence-corrected chi connectivity index (χ0v) is 22.6. The van der Waals surface area contributed by atoms with Crippen LogP contribution in [0.4, 0.5) is 0 Å². The number of rotatable bonds is 10. The highest BCUT2D eigenvalue weighted by molar-refractivity contribution is 7.90. The van der Waals surface area contributed by atoms with Crippen molar-refractivity contribution in [1.82, 2.24) is 14.5 Å². The molecule has 2 atom stereocenters. The van der Waals surface area contributed by atoms with Crippen molar-refractivity contribution < 1.29 is 36.7 Å². The van der Waals surface area contributed by atoms with E-state index in [4.69, 9.17) is 13.9 Å². The first-order valence-electron chi connectivity index (χ1n) is 12.8. The third-order valence-corrected chi connectivity index (χ3v) is 8.69. The number of carbonyl (C=O) groups is 3. The molecule has 3 aromatic rings. The van der Waals surface area contributed by atoms with Gasteiger partial charge in [0.15, 0.2) is 6.04 Å². The average Bonchev–Trinajstić information content (AvgIpc) is 3.72. The number of fused-ring (bicyclic) bond motifs is 1. The van der Waals surface area contributed by atoms with Gasteiger partial charge in [-0.2, -0.15) is 0 Å². The van der Waals surface area contributed by atoms with Gasteiger partial charge >= 0.3 is 0 Å². The topological polar surface area (TPSA) is 135 Å². The van der Waals surface area contributed by atoms with Gasteiger partial charge in [0.25, 0.3) is 21.8 Å². The van der Waals surface area contributed by atoms with E-state index in [1.165, 1.54) is 36.5 Å². The van der Waals surface area contributed by atoms with E-state index in [-0.39, 0.29) is 35.4 Å². The molecule has 3 heterocycles. The fourth-order valence-corrected chi connectivity index (χ4v) is 6.40. The molecule has 0 bridgehead atoms. The van der Waals surface area contributed by atoms with Crippen molar-refractivity contribution in [2.24, 2.45) is 0 Å². The molecular weight excluding hydrogens is 538 g/mol. The largest absolute Gasteiger partial charge is 0.497 e. The maximum atomic E-state index is 13.9. The van der Waals surface area contributed by atoms with Gasteiger partial charge in [-0.25, -0.2) is 12.7 Å². The van der Waals surface area contributed by atoms with Gasteiger partial charge in [-0.05, 0) is 54.8 Å². The Kier molecular flexibility index (Phi) is 7.90. The summed E-state index contributed by atoms with van der Waals surface area (Å²) in [5.74, 6) is -1.38. The highest BCUT2D eigenvalue weighted by Crippen LogP contribution is 2.31. The molecule has 2 aromatic carbocycles. The molecule has 0 saturated carbocycles. The Morgan fingerprint density at radius 2 is 1.98 bits per heavy atom. The standard InChI is InChI=1S/C28H29N3O8S/c1-37-20-8-4-7-19(15-20)17-30(25(32)18-31-28(34)22-10-2-3-12-24(22)40(31,35)36)26(23-11-6-14-39-23)27(33)29-16-21-9-5-13-38-21/h2-4,6-8,10-12,14-15,21,26H,5,9,13,16-18H2,1H3,(H,29,33)/t21-,26-/m1/s1. The van der Waals surface area contributed by atoms with Crippen LogP contribution in [-0.2, 0) is 30.9 Å². The van der Waals surface area contributed by atoms with Crippen LogP contribution in [0.3, 0.4) is 0 Å². The maximum Gasteiger partial charge on any atom is 0.269 e. The van der Waals surface area contributed by atoms with Crippen molar-refractivity contribution in [3.8, 4) is 5.75 Å². The van der Waals surface area contributed by atoms with Crippen molar-refractivity contribution in [3.63, 3.8) is 0 Å². The summed E-state index contributed by atoms with van der Waals surface area (Å²) in [6.45, 7) is -0.0331. The minimum absolute atomic E-state index is 0.00784. The van der Waals surface area contributed by atoms with Crippen LogP contribution >= 0.6 is 0 Å². The minimum Gasteiger partial charge on any atom is -0.497 e. The Morgan fingerprint density at radius 3 is 2.67 bits per heavy atom. The van der Waals surface area contributed by atoms with Crippen LogP contribution < -0.4 is 10.1 Å². The van der Waals surface area contributed by atoms with E-state index in [1.807, 2.05) is 0 Å². The van der Waals surface area contributed by atoms with Crippen LogP contribution in [0.25, 0.3) is 0 Å². The van der Waals surface area contributed by atoms with Gasteiger partial charge in [-0.1, -0.05) is 24.3 Å². The Balaban J connectivity index is 1.48. The highest BCUT2D eigenvalue weighted by Gasteiger charge is 2.44. The van der Waals surface area contributed by atoms with Gasteiger partial charge in [0, 0.05) is 19.7 Å². The average molecular weight is 568 g/mol. The molecule has 1 saturated heterocycles. The molecule has 0 unspecified atom stereocenters. The van der Waals surface area contributed by atoms with Gasteiger partial charge in [-0.15, -0.1) is 0 Å². The first kappa shape index (κ1) is 27.4. The number of ether oxygens (including phenoxy) is 2. The van der Waals surface area contributed by atoms with Gasteiger partial charge in [0.2, 0.25) is 5.91 Å². The number of sulfonamides is 1. The first-order chi connectivity index (χ1) is 19.3. The molecule has 40 heavy (non-hydrogen) atoms. The summed E-state index contributed by atoms with van der Waals surface area (Å²) in [6.07, 6.45) is 2.93. The second-order valence-electron chi connectivity index (χ2n) is 9.48. The number of methoxy groups -OCH3 is 1. The predicted molar refractivity (Wildman–Crippen MR) is 142 cm³/mol. The van der Waals surface area contributed by atoms with Gasteiger partial charge < -0.3 is 24.1 Å². The molecule has 5 rings (SSSR count). The molecule has 210 valence electrons. The van der Waals surface area contributed by atoms with E-state index in [1.54, 1.807) is 42.5 Å². The predicted octanol–water partition coefficient (Wildman–Crippen LogP) is 2.50. The Labute approximate surface area is 231 Å². The van der Waals surface area contributed by atoms with Crippen molar-refractivity contribution >= 4 is 27.7 Å². The smallest absolute Gasteiger partial charge is 0.269 e. The van der Waals surface area contributed by atoms with E-state index in [9.17, 15) is 22.8 Å². The quantitative estimate of drug-likeness (QED) is 0.395. The number of benzene rings is 2. The summed E-state index contributed by atoms with van der Waals surface area (Å²) in [5.41, 5.74) is 0.613. The molecule has 12 heteroatoms. The van der Waals surface area contributed by atoms with Crippen LogP contribution in [0.2, 0.25) is 0 Å². The molecule has 11 nitrogen and oxygen atoms in total. The lowest BCUT2D eigenvalue weighted by molar-refractivity contribution is -0.142. The highest BCUT2D eigenvalue weighted by atomic mass is 32.2. The van der Waals surface area contributed by atoms with Crippen LogP contribution in [0.1, 0.15) is 40.6 Å². The van der Waals surface area contributed by atoms with Crippen LogP contribution in [-0.4, -0.2) is 68.3 Å². The Bertz CT molecular complexity index is 1500. The van der Waals surface area contributed by atoms with Gasteiger partial charge in [-0.3, -0.25) is 14.4 Å². The molecule has 2 aliphatic heterocycles. The molecular formula is C28H29N3O8S. The van der Waals surface area contributed by atoms with E-state index < -0.39 is 40.3 Å². The maximum absolute atomic E-state index is 13.9. The van der Waals surface area contributed by atoms with Gasteiger partial charge in [0.1, 0.15) is 22.9 Å². The fourth-order valence-electron chi connectivity index (χ4n) is 4.88. The molecule has 0 aliphatic carbocycles. The molecule has 3 amide bonds. The van der Waals surface area contributed by atoms with Crippen LogP contribution in [0.5, 0.6) is 5.75 Å². The molecule has 1 fully saturated rings. The summed E-state index contributed by atoms with van der Waals surface area (Å²) in [5, 5.41) is 2.85. The zero-order valence-electron chi connectivity index (χ0n) is 21.8. The molecule has 1 N–H and O–H groups in total. The molecule has 1 aromatic heterocycles. The Hall–Kier alpha value is -4.16. The lowest BCUT2D eigenvalue weighted by atomic mass is 10.1. The van der Waals surface area contributed by atoms with Crippen molar-refractivity contribution in [2.75, 3.05) is 26.8 Å². The molecule has 0 radical (unpaired) electrons. The number of furan rings is 1. The summed E-state index contributed by atoms with van der Waals surface area (Å²) in [6, 6.07) is 14.6. The summed E-state index contributed by atoms with van der Waals surface area (Å²) >= 11 is 0. The van der Waals surface area contributed by atoms with Crippen molar-refractivity contribution in [1.29, 1.82) is 0 Å². The molecule has 2 aliphatic rings. The van der Waals surface area contributed by atoms with E-state index in [0.717, 1.165) is 12.8 Å². The molecule has 0 spiro atoms. The van der Waals surface area contributed by atoms with Crippen LogP contribution in [0.15, 0.2) is 76.2 Å². The summed E-state index contributed by atoms with van der Waals surface area (Å²) < 4.78 is 43.4. The van der Waals surface area contributed by atoms with Crippen molar-refractivity contribution in [3.05, 3.63) is 83.8 Å². The van der Waals surface area contributed by atoms with E-state index in [0.29, 0.717) is 22.2 Å². The minimum atomic E-state index is -4.25. The normalized spacial score (nSPS) is 18.3. The summed E-state index contributed by atoms with van der Waals surface area (Å²) in [4.78, 5) is 41.6. The zero-order chi connectivity index (χ0) is 28.3. The van der Waals surface area contributed by atoms with Gasteiger partial charge in [0.05, 0.1) is 25.0 Å². The number of amides is 3. The Morgan fingerprint density at radius 1 is 1.15 bits per heavy atom. The van der Waals surface area contributed by atoms with E-state index >= 15 is 0 Å². The SMILES string of the molecule is COc1cccc(CN(C(=O)CN2C(=O)c3ccccc3S2(=O)=O)[C@@H](C(=O)NC[C@H]2CCCO2)c2ccco2)c1.